The zero-order valence-electron chi connectivity index (χ0n) is 17.4. The van der Waals surface area contributed by atoms with Gasteiger partial charge < -0.3 is 19.3 Å². The van der Waals surface area contributed by atoms with Crippen molar-refractivity contribution in [1.82, 2.24) is 0 Å². The second kappa shape index (κ2) is 8.21. The maximum atomic E-state index is 10.4. The Morgan fingerprint density at radius 1 is 1.10 bits per heavy atom. The zero-order chi connectivity index (χ0) is 20.4. The minimum atomic E-state index is -0.308. The number of benzene rings is 2. The highest BCUT2D eigenvalue weighted by Gasteiger charge is 2.44. The van der Waals surface area contributed by atoms with Crippen molar-refractivity contribution in [2.24, 2.45) is 11.3 Å². The second-order valence-electron chi connectivity index (χ2n) is 8.62. The van der Waals surface area contributed by atoms with E-state index in [2.05, 4.69) is 26.0 Å². The summed E-state index contributed by atoms with van der Waals surface area (Å²) in [4.78, 5) is 0. The molecule has 0 aromatic heterocycles. The lowest BCUT2D eigenvalue weighted by Crippen LogP contribution is -2.44. The summed E-state index contributed by atoms with van der Waals surface area (Å²) in [5, 5.41) is 10.4. The van der Waals surface area contributed by atoms with Crippen molar-refractivity contribution >= 4 is 0 Å². The Bertz CT molecular complexity index is 872. The lowest BCUT2D eigenvalue weighted by Gasteiger charge is -2.46. The van der Waals surface area contributed by atoms with Crippen molar-refractivity contribution in [3.05, 3.63) is 71.3 Å². The summed E-state index contributed by atoms with van der Waals surface area (Å²) >= 11 is 0. The number of rotatable bonds is 5. The Balaban J connectivity index is 1.48. The number of hydrogen-bond donors (Lipinski definition) is 1. The van der Waals surface area contributed by atoms with Crippen LogP contribution in [0.5, 0.6) is 11.5 Å². The van der Waals surface area contributed by atoms with Crippen LogP contribution in [0.2, 0.25) is 0 Å². The van der Waals surface area contributed by atoms with Crippen molar-refractivity contribution in [2.45, 2.75) is 45.5 Å². The van der Waals surface area contributed by atoms with Crippen LogP contribution in [0.3, 0.4) is 0 Å². The second-order valence-corrected chi connectivity index (χ2v) is 8.62. The molecule has 1 fully saturated rings. The average Bonchev–Trinajstić information content (AvgIpc) is 2.75. The van der Waals surface area contributed by atoms with Gasteiger partial charge in [0.05, 0.1) is 25.9 Å². The highest BCUT2D eigenvalue weighted by molar-refractivity contribution is 5.44. The minimum Gasteiger partial charge on any atom is -0.493 e. The number of methoxy groups -OCH3 is 1. The predicted octanol–water partition coefficient (Wildman–Crippen LogP) is 5.07. The van der Waals surface area contributed by atoms with E-state index >= 15 is 0 Å². The fraction of sp³-hybridized carbons (Fsp3) is 0.440. The van der Waals surface area contributed by atoms with Crippen LogP contribution >= 0.6 is 0 Å². The summed E-state index contributed by atoms with van der Waals surface area (Å²) in [5.74, 6) is 1.73. The number of hydrogen-bond acceptors (Lipinski definition) is 4. The number of fused-ring (bicyclic) bond motifs is 1. The van der Waals surface area contributed by atoms with E-state index in [-0.39, 0.29) is 23.5 Å². The molecule has 154 valence electrons. The van der Waals surface area contributed by atoms with E-state index in [0.717, 1.165) is 35.5 Å². The average molecular weight is 395 g/mol. The molecule has 0 amide bonds. The molecule has 0 radical (unpaired) electrons. The van der Waals surface area contributed by atoms with Crippen molar-refractivity contribution in [3.8, 4) is 11.5 Å². The molecular weight excluding hydrogens is 364 g/mol. The molecule has 2 aromatic rings. The van der Waals surface area contributed by atoms with Gasteiger partial charge in [-0.1, -0.05) is 61.9 Å². The molecule has 0 bridgehead atoms. The van der Waals surface area contributed by atoms with Gasteiger partial charge in [-0.3, -0.25) is 0 Å². The van der Waals surface area contributed by atoms with Gasteiger partial charge >= 0.3 is 0 Å². The van der Waals surface area contributed by atoms with Crippen LogP contribution in [-0.2, 0) is 11.3 Å². The Hall–Kier alpha value is -2.30. The minimum absolute atomic E-state index is 0.000571. The fourth-order valence-electron chi connectivity index (χ4n) is 4.40. The molecule has 2 aromatic carbocycles. The summed E-state index contributed by atoms with van der Waals surface area (Å²) < 4.78 is 17.8. The van der Waals surface area contributed by atoms with Gasteiger partial charge in [0.2, 0.25) is 0 Å². The van der Waals surface area contributed by atoms with Crippen LogP contribution in [0.4, 0.5) is 0 Å². The molecule has 4 rings (SSSR count). The molecule has 1 aliphatic heterocycles. The third-order valence-electron chi connectivity index (χ3n) is 6.49. The van der Waals surface area contributed by atoms with E-state index < -0.39 is 0 Å². The van der Waals surface area contributed by atoms with Gasteiger partial charge in [-0.15, -0.1) is 0 Å². The van der Waals surface area contributed by atoms with Crippen molar-refractivity contribution in [3.63, 3.8) is 0 Å². The van der Waals surface area contributed by atoms with Gasteiger partial charge in [-0.2, -0.15) is 0 Å². The predicted molar refractivity (Wildman–Crippen MR) is 113 cm³/mol. The van der Waals surface area contributed by atoms with Crippen LogP contribution in [0.15, 0.2) is 60.2 Å². The quantitative estimate of drug-likeness (QED) is 0.720. The van der Waals surface area contributed by atoms with Gasteiger partial charge in [0, 0.05) is 5.92 Å². The van der Waals surface area contributed by atoms with Crippen molar-refractivity contribution in [1.29, 1.82) is 0 Å². The number of aliphatic hydroxyl groups is 1. The van der Waals surface area contributed by atoms with Crippen molar-refractivity contribution in [2.75, 3.05) is 13.7 Å². The Kier molecular flexibility index (Phi) is 5.66. The first kappa shape index (κ1) is 20.0. The topological polar surface area (TPSA) is 47.9 Å². The summed E-state index contributed by atoms with van der Waals surface area (Å²) in [6.45, 7) is 5.42. The molecule has 3 atom stereocenters. The molecule has 0 saturated carbocycles. The van der Waals surface area contributed by atoms with Crippen LogP contribution in [0.1, 0.15) is 43.9 Å². The van der Waals surface area contributed by atoms with E-state index in [4.69, 9.17) is 14.2 Å². The Labute approximate surface area is 173 Å². The summed E-state index contributed by atoms with van der Waals surface area (Å²) in [7, 11) is 1.67. The van der Waals surface area contributed by atoms with Crippen LogP contribution in [0.25, 0.3) is 0 Å². The third kappa shape index (κ3) is 4.05. The molecule has 1 heterocycles. The molecule has 1 N–H and O–H groups in total. The zero-order valence-corrected chi connectivity index (χ0v) is 17.4. The van der Waals surface area contributed by atoms with E-state index in [1.807, 2.05) is 42.5 Å². The molecular formula is C25H30O4. The normalized spacial score (nSPS) is 25.7. The smallest absolute Gasteiger partial charge is 0.161 e. The molecule has 2 aliphatic rings. The third-order valence-corrected chi connectivity index (χ3v) is 6.49. The largest absolute Gasteiger partial charge is 0.493 e. The standard InChI is InChI=1S/C25H30O4/c1-25(2)20-16-29-22(13-18(20)10-12-24(25)26)19-9-11-21(23(14-19)27-3)28-15-17-7-5-4-6-8-17/h4-11,14,20,22,24,26H,12-13,15-16H2,1-3H3/t20-,22-,24+/m0/s1. The number of aliphatic hydroxyl groups excluding tert-OH is 1. The van der Waals surface area contributed by atoms with Crippen LogP contribution in [-0.4, -0.2) is 24.9 Å². The van der Waals surface area contributed by atoms with E-state index in [1.165, 1.54) is 5.57 Å². The molecule has 1 saturated heterocycles. The SMILES string of the molecule is COc1cc([C@@H]2CC3=CC[C@@H](O)C(C)(C)[C@H]3CO2)ccc1OCc1ccccc1. The van der Waals surface area contributed by atoms with Gasteiger partial charge in [0.15, 0.2) is 11.5 Å². The maximum Gasteiger partial charge on any atom is 0.161 e. The molecule has 29 heavy (non-hydrogen) atoms. The Morgan fingerprint density at radius 2 is 1.90 bits per heavy atom. The van der Waals surface area contributed by atoms with E-state index in [0.29, 0.717) is 13.2 Å². The fourth-order valence-corrected chi connectivity index (χ4v) is 4.40. The van der Waals surface area contributed by atoms with Crippen LogP contribution in [0, 0.1) is 11.3 Å². The Morgan fingerprint density at radius 3 is 2.66 bits per heavy atom. The first-order valence-electron chi connectivity index (χ1n) is 10.3. The lowest BCUT2D eigenvalue weighted by molar-refractivity contribution is -0.0681. The summed E-state index contributed by atoms with van der Waals surface area (Å²) in [6.07, 6.45) is 3.48. The molecule has 1 aliphatic carbocycles. The first-order valence-corrected chi connectivity index (χ1v) is 10.3. The molecule has 4 heteroatoms. The highest BCUT2D eigenvalue weighted by Crippen LogP contribution is 2.48. The van der Waals surface area contributed by atoms with Gasteiger partial charge in [0.25, 0.3) is 0 Å². The number of ether oxygens (including phenoxy) is 3. The highest BCUT2D eigenvalue weighted by atomic mass is 16.5. The molecule has 0 unspecified atom stereocenters. The van der Waals surface area contributed by atoms with Gasteiger partial charge in [-0.25, -0.2) is 0 Å². The van der Waals surface area contributed by atoms with E-state index in [9.17, 15) is 5.11 Å². The monoisotopic (exact) mass is 394 g/mol. The summed E-state index contributed by atoms with van der Waals surface area (Å²) in [5.41, 5.74) is 3.47. The first-order chi connectivity index (χ1) is 14.0. The van der Waals surface area contributed by atoms with Crippen molar-refractivity contribution < 1.29 is 19.3 Å². The lowest BCUT2D eigenvalue weighted by atomic mass is 9.65. The van der Waals surface area contributed by atoms with Gasteiger partial charge in [-0.05, 0) is 41.5 Å². The molecule has 4 nitrogen and oxygen atoms in total. The van der Waals surface area contributed by atoms with E-state index in [1.54, 1.807) is 7.11 Å². The van der Waals surface area contributed by atoms with Crippen LogP contribution < -0.4 is 9.47 Å². The maximum absolute atomic E-state index is 10.4. The summed E-state index contributed by atoms with van der Waals surface area (Å²) in [6, 6.07) is 16.2. The van der Waals surface area contributed by atoms with Gasteiger partial charge in [0.1, 0.15) is 6.61 Å². The molecule has 0 spiro atoms.